The van der Waals surface area contributed by atoms with Crippen LogP contribution in [0.15, 0.2) is 30.3 Å². The first kappa shape index (κ1) is 19.2. The molecule has 1 aromatic carbocycles. The first-order valence-electron chi connectivity index (χ1n) is 7.58. The lowest BCUT2D eigenvalue weighted by Crippen LogP contribution is -2.54. The number of nitrogens with one attached hydrogen (secondary N) is 2. The molecule has 4 nitrogen and oxygen atoms in total. The smallest absolute Gasteiger partial charge is 0.234 e. The van der Waals surface area contributed by atoms with E-state index in [1.54, 1.807) is 0 Å². The van der Waals surface area contributed by atoms with E-state index in [2.05, 4.69) is 39.8 Å². The quantitative estimate of drug-likeness (QED) is 0.876. The Morgan fingerprint density at radius 2 is 1.77 bits per heavy atom. The molecule has 6 heteroatoms. The molecule has 1 saturated heterocycles. The van der Waals surface area contributed by atoms with Crippen molar-refractivity contribution in [3.8, 4) is 0 Å². The largest absolute Gasteiger partial charge is 0.345 e. The van der Waals surface area contributed by atoms with Crippen LogP contribution in [0, 0.1) is 0 Å². The lowest BCUT2D eigenvalue weighted by atomic mass is 9.72. The Bertz CT molecular complexity index is 460. The average Bonchev–Trinajstić information content (AvgIpc) is 2.45. The minimum atomic E-state index is -0.105. The van der Waals surface area contributed by atoms with Gasteiger partial charge in [0.25, 0.3) is 0 Å². The molecule has 0 atom stereocenters. The van der Waals surface area contributed by atoms with Crippen LogP contribution in [0.1, 0.15) is 24.8 Å². The van der Waals surface area contributed by atoms with Gasteiger partial charge in [0.05, 0.1) is 12.1 Å². The molecule has 1 aromatic rings. The van der Waals surface area contributed by atoms with Gasteiger partial charge in [-0.3, -0.25) is 9.69 Å². The van der Waals surface area contributed by atoms with Gasteiger partial charge in [0.15, 0.2) is 0 Å². The van der Waals surface area contributed by atoms with Gasteiger partial charge >= 0.3 is 0 Å². The van der Waals surface area contributed by atoms with Crippen LogP contribution < -0.4 is 10.6 Å². The summed E-state index contributed by atoms with van der Waals surface area (Å²) in [4.78, 5) is 14.5. The Labute approximate surface area is 144 Å². The van der Waals surface area contributed by atoms with Gasteiger partial charge in [0.1, 0.15) is 0 Å². The summed E-state index contributed by atoms with van der Waals surface area (Å²) in [5.74, 6) is 0.162. The van der Waals surface area contributed by atoms with Crippen molar-refractivity contribution in [2.75, 3.05) is 32.7 Å². The number of carbonyl (C=O) groups excluding carboxylic acids is 1. The minimum Gasteiger partial charge on any atom is -0.345 e. The third kappa shape index (κ3) is 4.35. The van der Waals surface area contributed by atoms with Crippen molar-refractivity contribution in [2.24, 2.45) is 0 Å². The first-order valence-corrected chi connectivity index (χ1v) is 7.58. The van der Waals surface area contributed by atoms with Gasteiger partial charge in [-0.2, -0.15) is 0 Å². The number of nitrogens with zero attached hydrogens (tertiary/aromatic N) is 1. The molecule has 0 spiro atoms. The second-order valence-electron chi connectivity index (χ2n) is 5.88. The highest BCUT2D eigenvalue weighted by Crippen LogP contribution is 2.41. The summed E-state index contributed by atoms with van der Waals surface area (Å²) in [5, 5.41) is 6.60. The monoisotopic (exact) mass is 345 g/mol. The normalized spacial score (nSPS) is 20.0. The first-order chi connectivity index (χ1) is 9.78. The van der Waals surface area contributed by atoms with Crippen molar-refractivity contribution in [3.05, 3.63) is 35.9 Å². The third-order valence-corrected chi connectivity index (χ3v) is 4.49. The number of hydrogen-bond acceptors (Lipinski definition) is 3. The van der Waals surface area contributed by atoms with Gasteiger partial charge in [-0.15, -0.1) is 24.8 Å². The topological polar surface area (TPSA) is 44.4 Å². The van der Waals surface area contributed by atoms with Gasteiger partial charge in [-0.05, 0) is 24.8 Å². The van der Waals surface area contributed by atoms with Crippen LogP contribution in [-0.2, 0) is 10.3 Å². The minimum absolute atomic E-state index is 0. The summed E-state index contributed by atoms with van der Waals surface area (Å²) in [5.41, 5.74) is 1.15. The summed E-state index contributed by atoms with van der Waals surface area (Å²) >= 11 is 0. The maximum atomic E-state index is 12.3. The van der Waals surface area contributed by atoms with E-state index in [4.69, 9.17) is 0 Å². The molecule has 22 heavy (non-hydrogen) atoms. The van der Waals surface area contributed by atoms with E-state index in [0.717, 1.165) is 39.0 Å². The molecule has 0 bridgehead atoms. The van der Waals surface area contributed by atoms with Crippen molar-refractivity contribution >= 4 is 30.7 Å². The van der Waals surface area contributed by atoms with Crippen molar-refractivity contribution in [2.45, 2.75) is 24.8 Å². The summed E-state index contributed by atoms with van der Waals surface area (Å²) < 4.78 is 0. The maximum absolute atomic E-state index is 12.3. The number of halogens is 2. The van der Waals surface area contributed by atoms with E-state index in [1.807, 2.05) is 6.07 Å². The second kappa shape index (κ2) is 8.73. The van der Waals surface area contributed by atoms with E-state index >= 15 is 0 Å². The van der Waals surface area contributed by atoms with Gasteiger partial charge in [0, 0.05) is 26.2 Å². The van der Waals surface area contributed by atoms with Gasteiger partial charge in [0.2, 0.25) is 5.91 Å². The molecular weight excluding hydrogens is 321 g/mol. The van der Waals surface area contributed by atoms with Crippen LogP contribution in [0.4, 0.5) is 0 Å². The number of carbonyl (C=O) groups is 1. The lowest BCUT2D eigenvalue weighted by Gasteiger charge is -2.43. The molecule has 0 radical (unpaired) electrons. The van der Waals surface area contributed by atoms with Crippen molar-refractivity contribution in [1.82, 2.24) is 15.5 Å². The maximum Gasteiger partial charge on any atom is 0.234 e. The van der Waals surface area contributed by atoms with Crippen LogP contribution in [0.5, 0.6) is 0 Å². The van der Waals surface area contributed by atoms with Crippen LogP contribution in [0.25, 0.3) is 0 Å². The molecule has 2 fully saturated rings. The molecule has 0 unspecified atom stereocenters. The third-order valence-electron chi connectivity index (χ3n) is 4.49. The fourth-order valence-electron chi connectivity index (χ4n) is 3.15. The molecule has 1 aliphatic heterocycles. The van der Waals surface area contributed by atoms with Crippen LogP contribution in [0.3, 0.4) is 0 Å². The SMILES string of the molecule is Cl.Cl.O=C(CN1CCNCC1)NC1(c2ccccc2)CCC1. The summed E-state index contributed by atoms with van der Waals surface area (Å²) in [6.45, 7) is 4.42. The second-order valence-corrected chi connectivity index (χ2v) is 5.88. The van der Waals surface area contributed by atoms with Crippen LogP contribution in [-0.4, -0.2) is 43.5 Å². The lowest BCUT2D eigenvalue weighted by molar-refractivity contribution is -0.125. The molecule has 2 aliphatic rings. The predicted octanol–water partition coefficient (Wildman–Crippen LogP) is 1.93. The van der Waals surface area contributed by atoms with Gasteiger partial charge in [-0.1, -0.05) is 30.3 Å². The molecule has 2 N–H and O–H groups in total. The van der Waals surface area contributed by atoms with E-state index in [-0.39, 0.29) is 36.3 Å². The van der Waals surface area contributed by atoms with E-state index < -0.39 is 0 Å². The number of rotatable bonds is 4. The van der Waals surface area contributed by atoms with Crippen molar-refractivity contribution in [3.63, 3.8) is 0 Å². The molecule has 1 saturated carbocycles. The van der Waals surface area contributed by atoms with Crippen LogP contribution in [0.2, 0.25) is 0 Å². The van der Waals surface area contributed by atoms with Crippen molar-refractivity contribution < 1.29 is 4.79 Å². The Morgan fingerprint density at radius 3 is 2.32 bits per heavy atom. The Balaban J connectivity index is 0.00000121. The number of piperazine rings is 1. The summed E-state index contributed by atoms with van der Waals surface area (Å²) in [6.07, 6.45) is 3.32. The molecule has 1 heterocycles. The molecule has 3 rings (SSSR count). The van der Waals surface area contributed by atoms with E-state index in [0.29, 0.717) is 6.54 Å². The molecular formula is C16H25Cl2N3O. The Hall–Kier alpha value is -0.810. The number of benzene rings is 1. The number of amides is 1. The zero-order valence-electron chi connectivity index (χ0n) is 12.7. The Morgan fingerprint density at radius 1 is 1.14 bits per heavy atom. The fraction of sp³-hybridized carbons (Fsp3) is 0.562. The number of hydrogen-bond donors (Lipinski definition) is 2. The van der Waals surface area contributed by atoms with Crippen LogP contribution >= 0.6 is 24.8 Å². The highest BCUT2D eigenvalue weighted by Gasteiger charge is 2.39. The molecule has 0 aromatic heterocycles. The highest BCUT2D eigenvalue weighted by molar-refractivity contribution is 5.85. The predicted molar refractivity (Wildman–Crippen MR) is 93.9 cm³/mol. The highest BCUT2D eigenvalue weighted by atomic mass is 35.5. The molecule has 124 valence electrons. The zero-order valence-corrected chi connectivity index (χ0v) is 14.3. The van der Waals surface area contributed by atoms with E-state index in [1.165, 1.54) is 12.0 Å². The van der Waals surface area contributed by atoms with Crippen molar-refractivity contribution in [1.29, 1.82) is 0 Å². The summed E-state index contributed by atoms with van der Waals surface area (Å²) in [6, 6.07) is 10.4. The Kier molecular flexibility index (Phi) is 7.63. The summed E-state index contributed by atoms with van der Waals surface area (Å²) in [7, 11) is 0. The van der Waals surface area contributed by atoms with Gasteiger partial charge < -0.3 is 10.6 Å². The molecule has 1 amide bonds. The fourth-order valence-corrected chi connectivity index (χ4v) is 3.15. The van der Waals surface area contributed by atoms with Gasteiger partial charge in [-0.25, -0.2) is 0 Å². The standard InChI is InChI=1S/C16H23N3O.2ClH/c20-15(13-19-11-9-17-10-12-19)18-16(7-4-8-16)14-5-2-1-3-6-14;;/h1-3,5-6,17H,4,7-13H2,(H,18,20);2*1H. The zero-order chi connectivity index (χ0) is 13.8. The molecule has 1 aliphatic carbocycles. The van der Waals surface area contributed by atoms with E-state index in [9.17, 15) is 4.79 Å². The average molecular weight is 346 g/mol.